The lowest BCUT2D eigenvalue weighted by Gasteiger charge is -2.09. The van der Waals surface area contributed by atoms with Crippen molar-refractivity contribution < 1.29 is 13.3 Å². The second-order valence-corrected chi connectivity index (χ2v) is 7.00. The highest BCUT2D eigenvalue weighted by atomic mass is 32.2. The number of aromatic nitrogens is 1. The normalized spacial score (nSPS) is 11.7. The van der Waals surface area contributed by atoms with Crippen LogP contribution in [-0.4, -0.2) is 24.1 Å². The number of pyridine rings is 1. The molecule has 0 aliphatic rings. The summed E-state index contributed by atoms with van der Waals surface area (Å²) in [6.07, 6.45) is 2.10. The molecule has 118 valence electrons. The summed E-state index contributed by atoms with van der Waals surface area (Å²) < 4.78 is 24.8. The third-order valence-electron chi connectivity index (χ3n) is 3.36. The Bertz CT molecular complexity index is 818. The van der Waals surface area contributed by atoms with Gasteiger partial charge in [0.2, 0.25) is 0 Å². The van der Waals surface area contributed by atoms with Gasteiger partial charge in [-0.2, -0.15) is 0 Å². The molecule has 22 heavy (non-hydrogen) atoms. The summed E-state index contributed by atoms with van der Waals surface area (Å²) in [7, 11) is -3.75. The van der Waals surface area contributed by atoms with Gasteiger partial charge < -0.3 is 5.73 Å². The smallest absolute Gasteiger partial charge is 0.304 e. The average molecular weight is 323 g/mol. The van der Waals surface area contributed by atoms with Crippen molar-refractivity contribution in [3.8, 4) is 0 Å². The molecule has 0 unspecified atom stereocenters. The molecule has 0 amide bonds. The summed E-state index contributed by atoms with van der Waals surface area (Å²) in [6, 6.07) is 6.30. The standard InChI is InChI=1S/C14H17N3O4S/c1-2-3-6-9-22(20,21)14-12(15)13(17(18)19)10-7-4-5-8-11(10)16-14/h4-5,7-8H,2-3,6,9,15H2,1H3. The highest BCUT2D eigenvalue weighted by molar-refractivity contribution is 7.91. The Balaban J connectivity index is 2.65. The molecule has 1 aromatic carbocycles. The van der Waals surface area contributed by atoms with Crippen molar-refractivity contribution in [2.45, 2.75) is 31.2 Å². The van der Waals surface area contributed by atoms with E-state index >= 15 is 0 Å². The zero-order chi connectivity index (χ0) is 16.3. The first-order valence-corrected chi connectivity index (χ1v) is 8.59. The maximum Gasteiger partial charge on any atom is 0.304 e. The molecule has 7 nitrogen and oxygen atoms in total. The Morgan fingerprint density at radius 3 is 2.59 bits per heavy atom. The number of hydrogen-bond acceptors (Lipinski definition) is 6. The second kappa shape index (κ2) is 6.27. The number of fused-ring (bicyclic) bond motifs is 1. The Hall–Kier alpha value is -2.22. The van der Waals surface area contributed by atoms with Crippen LogP contribution < -0.4 is 5.73 Å². The lowest BCUT2D eigenvalue weighted by Crippen LogP contribution is -2.13. The van der Waals surface area contributed by atoms with E-state index in [2.05, 4.69) is 4.98 Å². The molecule has 0 fully saturated rings. The molecule has 1 heterocycles. The quantitative estimate of drug-likeness (QED) is 0.496. The van der Waals surface area contributed by atoms with Crippen LogP contribution in [0.1, 0.15) is 26.2 Å². The number of anilines is 1. The molecule has 0 aliphatic carbocycles. The first kappa shape index (κ1) is 16.2. The number of unbranched alkanes of at least 4 members (excludes halogenated alkanes) is 2. The van der Waals surface area contributed by atoms with Crippen LogP contribution in [0.25, 0.3) is 10.9 Å². The maximum absolute atomic E-state index is 12.4. The number of para-hydroxylation sites is 1. The van der Waals surface area contributed by atoms with Gasteiger partial charge in [-0.05, 0) is 18.6 Å². The van der Waals surface area contributed by atoms with Gasteiger partial charge in [0.05, 0.1) is 21.6 Å². The van der Waals surface area contributed by atoms with Crippen LogP contribution in [-0.2, 0) is 9.84 Å². The van der Waals surface area contributed by atoms with Crippen molar-refractivity contribution in [2.75, 3.05) is 11.5 Å². The first-order valence-electron chi connectivity index (χ1n) is 6.94. The van der Waals surface area contributed by atoms with Crippen molar-refractivity contribution in [3.63, 3.8) is 0 Å². The van der Waals surface area contributed by atoms with Gasteiger partial charge in [0, 0.05) is 0 Å². The van der Waals surface area contributed by atoms with E-state index in [0.29, 0.717) is 6.42 Å². The van der Waals surface area contributed by atoms with Crippen molar-refractivity contribution >= 4 is 32.1 Å². The first-order chi connectivity index (χ1) is 10.4. The van der Waals surface area contributed by atoms with E-state index in [1.54, 1.807) is 12.1 Å². The van der Waals surface area contributed by atoms with Gasteiger partial charge in [-0.15, -0.1) is 0 Å². The molecule has 0 spiro atoms. The van der Waals surface area contributed by atoms with Crippen LogP contribution in [0.3, 0.4) is 0 Å². The fourth-order valence-electron chi connectivity index (χ4n) is 2.26. The van der Waals surface area contributed by atoms with E-state index in [9.17, 15) is 18.5 Å². The molecule has 0 atom stereocenters. The molecule has 2 rings (SSSR count). The molecular weight excluding hydrogens is 306 g/mol. The molecular formula is C14H17N3O4S. The Kier molecular flexibility index (Phi) is 4.60. The number of hydrogen-bond donors (Lipinski definition) is 1. The topological polar surface area (TPSA) is 116 Å². The molecule has 0 bridgehead atoms. The summed E-state index contributed by atoms with van der Waals surface area (Å²) in [5.74, 6) is -0.118. The minimum absolute atomic E-state index is 0.118. The highest BCUT2D eigenvalue weighted by Crippen LogP contribution is 2.35. The second-order valence-electron chi connectivity index (χ2n) is 4.98. The van der Waals surface area contributed by atoms with E-state index in [1.165, 1.54) is 12.1 Å². The number of nitrogen functional groups attached to an aromatic ring is 1. The largest absolute Gasteiger partial charge is 0.391 e. The van der Waals surface area contributed by atoms with Crippen molar-refractivity contribution in [1.82, 2.24) is 4.98 Å². The van der Waals surface area contributed by atoms with Crippen molar-refractivity contribution in [2.24, 2.45) is 0 Å². The van der Waals surface area contributed by atoms with Gasteiger partial charge in [0.1, 0.15) is 5.69 Å². The van der Waals surface area contributed by atoms with Gasteiger partial charge in [-0.25, -0.2) is 13.4 Å². The minimum Gasteiger partial charge on any atom is -0.391 e. The summed E-state index contributed by atoms with van der Waals surface area (Å²) in [6.45, 7) is 1.96. The van der Waals surface area contributed by atoms with Gasteiger partial charge in [0.25, 0.3) is 0 Å². The van der Waals surface area contributed by atoms with Gasteiger partial charge in [-0.3, -0.25) is 10.1 Å². The molecule has 2 aromatic rings. The van der Waals surface area contributed by atoms with Crippen molar-refractivity contribution in [1.29, 1.82) is 0 Å². The van der Waals surface area contributed by atoms with Crippen LogP contribution in [0.15, 0.2) is 29.3 Å². The average Bonchev–Trinajstić information content (AvgIpc) is 2.46. The molecule has 2 N–H and O–H groups in total. The molecule has 0 saturated carbocycles. The Morgan fingerprint density at radius 2 is 1.95 bits per heavy atom. The summed E-state index contributed by atoms with van der Waals surface area (Å²) in [5, 5.41) is 11.1. The van der Waals surface area contributed by atoms with Crippen LogP contribution in [0.2, 0.25) is 0 Å². The van der Waals surface area contributed by atoms with Gasteiger partial charge in [0.15, 0.2) is 14.9 Å². The van der Waals surface area contributed by atoms with Gasteiger partial charge in [-0.1, -0.05) is 31.9 Å². The zero-order valence-electron chi connectivity index (χ0n) is 12.2. The fourth-order valence-corrected chi connectivity index (χ4v) is 3.71. The maximum atomic E-state index is 12.4. The molecule has 0 aliphatic heterocycles. The lowest BCUT2D eigenvalue weighted by molar-refractivity contribution is -0.382. The summed E-state index contributed by atoms with van der Waals surface area (Å²) in [5.41, 5.74) is 5.21. The third kappa shape index (κ3) is 3.01. The number of nitrogens with zero attached hydrogens (tertiary/aromatic N) is 2. The number of sulfone groups is 1. The third-order valence-corrected chi connectivity index (χ3v) is 5.09. The van der Waals surface area contributed by atoms with Crippen LogP contribution in [0, 0.1) is 10.1 Å². The fraction of sp³-hybridized carbons (Fsp3) is 0.357. The molecule has 0 saturated heterocycles. The van der Waals surface area contributed by atoms with E-state index in [4.69, 9.17) is 5.73 Å². The minimum atomic E-state index is -3.75. The SMILES string of the molecule is CCCCCS(=O)(=O)c1nc2ccccc2c([N+](=O)[O-])c1N. The number of nitro groups is 1. The molecule has 1 aromatic heterocycles. The summed E-state index contributed by atoms with van der Waals surface area (Å²) in [4.78, 5) is 14.7. The van der Waals surface area contributed by atoms with E-state index in [1.807, 2.05) is 6.92 Å². The molecule has 8 heteroatoms. The zero-order valence-corrected chi connectivity index (χ0v) is 13.0. The Morgan fingerprint density at radius 1 is 1.27 bits per heavy atom. The van der Waals surface area contributed by atoms with E-state index in [0.717, 1.165) is 12.8 Å². The number of rotatable bonds is 6. The lowest BCUT2D eigenvalue weighted by atomic mass is 10.2. The predicted octanol–water partition coefficient (Wildman–Crippen LogP) is 2.69. The predicted molar refractivity (Wildman–Crippen MR) is 84.4 cm³/mol. The van der Waals surface area contributed by atoms with E-state index < -0.39 is 25.5 Å². The van der Waals surface area contributed by atoms with Crippen molar-refractivity contribution in [3.05, 3.63) is 34.4 Å². The monoisotopic (exact) mass is 323 g/mol. The molecule has 0 radical (unpaired) electrons. The van der Waals surface area contributed by atoms with E-state index in [-0.39, 0.29) is 22.3 Å². The number of nitrogens with two attached hydrogens (primary N) is 1. The van der Waals surface area contributed by atoms with Crippen LogP contribution in [0.5, 0.6) is 0 Å². The number of benzene rings is 1. The van der Waals surface area contributed by atoms with Crippen LogP contribution >= 0.6 is 0 Å². The highest BCUT2D eigenvalue weighted by Gasteiger charge is 2.28. The van der Waals surface area contributed by atoms with Gasteiger partial charge >= 0.3 is 5.69 Å². The Labute approximate surface area is 128 Å². The summed E-state index contributed by atoms with van der Waals surface area (Å²) >= 11 is 0. The van der Waals surface area contributed by atoms with Crippen LogP contribution in [0.4, 0.5) is 11.4 Å².